The van der Waals surface area contributed by atoms with E-state index in [1.165, 1.54) is 32.1 Å². The fourth-order valence-corrected chi connectivity index (χ4v) is 2.57. The van der Waals surface area contributed by atoms with Gasteiger partial charge in [0.05, 0.1) is 11.9 Å². The molecule has 0 radical (unpaired) electrons. The molecule has 4 nitrogen and oxygen atoms in total. The van der Waals surface area contributed by atoms with Gasteiger partial charge >= 0.3 is 0 Å². The van der Waals surface area contributed by atoms with Crippen LogP contribution in [0.25, 0.3) is 0 Å². The van der Waals surface area contributed by atoms with E-state index in [1.807, 2.05) is 17.1 Å². The quantitative estimate of drug-likeness (QED) is 0.825. The van der Waals surface area contributed by atoms with Crippen molar-refractivity contribution in [3.8, 4) is 0 Å². The summed E-state index contributed by atoms with van der Waals surface area (Å²) in [5.41, 5.74) is 0.956. The predicted octanol–water partition coefficient (Wildman–Crippen LogP) is 3.08. The Morgan fingerprint density at radius 2 is 2.11 bits per heavy atom. The van der Waals surface area contributed by atoms with E-state index in [-0.39, 0.29) is 0 Å². The first-order chi connectivity index (χ1) is 8.65. The normalized spacial score (nSPS) is 16.8. The third-order valence-electron chi connectivity index (χ3n) is 3.33. The minimum atomic E-state index is 0.375. The molecule has 0 aliphatic heterocycles. The van der Waals surface area contributed by atoms with Crippen LogP contribution in [0.1, 0.15) is 52.0 Å². The zero-order chi connectivity index (χ0) is 13.0. The van der Waals surface area contributed by atoms with Crippen molar-refractivity contribution in [3.05, 3.63) is 12.4 Å². The molecule has 0 aromatic carbocycles. The Bertz CT molecular complexity index is 393. The van der Waals surface area contributed by atoms with Gasteiger partial charge in [0.15, 0.2) is 5.11 Å². The van der Waals surface area contributed by atoms with Gasteiger partial charge in [-0.3, -0.25) is 4.68 Å². The van der Waals surface area contributed by atoms with E-state index in [4.69, 9.17) is 12.2 Å². The molecule has 0 spiro atoms. The number of anilines is 1. The van der Waals surface area contributed by atoms with Crippen molar-refractivity contribution in [1.29, 1.82) is 0 Å². The van der Waals surface area contributed by atoms with Crippen LogP contribution in [0.4, 0.5) is 5.69 Å². The second-order valence-electron chi connectivity index (χ2n) is 5.24. The summed E-state index contributed by atoms with van der Waals surface area (Å²) in [5.74, 6) is 0. The number of hydrogen-bond donors (Lipinski definition) is 2. The summed E-state index contributed by atoms with van der Waals surface area (Å²) in [5, 5.41) is 11.6. The zero-order valence-corrected chi connectivity index (χ0v) is 12.0. The number of nitrogens with one attached hydrogen (secondary N) is 2. The van der Waals surface area contributed by atoms with E-state index in [0.717, 1.165) is 5.69 Å². The van der Waals surface area contributed by atoms with Crippen molar-refractivity contribution in [2.75, 3.05) is 5.32 Å². The monoisotopic (exact) mass is 266 g/mol. The number of rotatable bonds is 3. The highest BCUT2D eigenvalue weighted by Crippen LogP contribution is 2.17. The third-order valence-corrected chi connectivity index (χ3v) is 3.55. The molecule has 0 bridgehead atoms. The first-order valence-corrected chi connectivity index (χ1v) is 7.17. The molecule has 2 N–H and O–H groups in total. The Kier molecular flexibility index (Phi) is 4.58. The lowest BCUT2D eigenvalue weighted by Gasteiger charge is -2.24. The molecule has 1 aromatic rings. The van der Waals surface area contributed by atoms with Gasteiger partial charge in [0.25, 0.3) is 0 Å². The van der Waals surface area contributed by atoms with E-state index >= 15 is 0 Å². The molecule has 0 atom stereocenters. The second kappa shape index (κ2) is 6.18. The van der Waals surface area contributed by atoms with Gasteiger partial charge in [-0.05, 0) is 38.9 Å². The van der Waals surface area contributed by atoms with Crippen LogP contribution in [-0.2, 0) is 0 Å². The summed E-state index contributed by atoms with van der Waals surface area (Å²) in [6, 6.07) is 0.916. The second-order valence-corrected chi connectivity index (χ2v) is 5.64. The highest BCUT2D eigenvalue weighted by atomic mass is 32.1. The van der Waals surface area contributed by atoms with E-state index in [9.17, 15) is 0 Å². The topological polar surface area (TPSA) is 41.9 Å². The fourth-order valence-electron chi connectivity index (χ4n) is 2.28. The van der Waals surface area contributed by atoms with Crippen LogP contribution in [0.5, 0.6) is 0 Å². The molecule has 5 heteroatoms. The summed E-state index contributed by atoms with van der Waals surface area (Å²) in [4.78, 5) is 0. The Morgan fingerprint density at radius 1 is 1.39 bits per heavy atom. The molecule has 2 rings (SSSR count). The summed E-state index contributed by atoms with van der Waals surface area (Å²) < 4.78 is 1.92. The number of nitrogens with zero attached hydrogens (tertiary/aromatic N) is 2. The smallest absolute Gasteiger partial charge is 0.171 e. The first kappa shape index (κ1) is 13.3. The molecule has 18 heavy (non-hydrogen) atoms. The average molecular weight is 266 g/mol. The molecule has 0 unspecified atom stereocenters. The van der Waals surface area contributed by atoms with Gasteiger partial charge in [0.1, 0.15) is 0 Å². The van der Waals surface area contributed by atoms with Crippen LogP contribution in [0.15, 0.2) is 12.4 Å². The minimum Gasteiger partial charge on any atom is -0.360 e. The first-order valence-electron chi connectivity index (χ1n) is 6.77. The van der Waals surface area contributed by atoms with Gasteiger partial charge in [-0.2, -0.15) is 5.10 Å². The van der Waals surface area contributed by atoms with Crippen LogP contribution in [0.3, 0.4) is 0 Å². The van der Waals surface area contributed by atoms with Crippen LogP contribution in [0, 0.1) is 0 Å². The number of hydrogen-bond acceptors (Lipinski definition) is 2. The minimum absolute atomic E-state index is 0.375. The lowest BCUT2D eigenvalue weighted by molar-refractivity contribution is 0.415. The molecule has 1 aromatic heterocycles. The Morgan fingerprint density at radius 3 is 2.72 bits per heavy atom. The summed E-state index contributed by atoms with van der Waals surface area (Å²) in [6.45, 7) is 4.21. The van der Waals surface area contributed by atoms with Gasteiger partial charge in [0.2, 0.25) is 0 Å². The van der Waals surface area contributed by atoms with Gasteiger partial charge in [-0.25, -0.2) is 0 Å². The van der Waals surface area contributed by atoms with E-state index in [0.29, 0.717) is 17.2 Å². The molecule has 1 heterocycles. The highest BCUT2D eigenvalue weighted by molar-refractivity contribution is 7.80. The average Bonchev–Trinajstić information content (AvgIpc) is 2.78. The van der Waals surface area contributed by atoms with Crippen LogP contribution in [-0.4, -0.2) is 20.9 Å². The van der Waals surface area contributed by atoms with E-state index in [1.54, 1.807) is 0 Å². The molecule has 1 aliphatic rings. The predicted molar refractivity (Wildman–Crippen MR) is 78.8 cm³/mol. The van der Waals surface area contributed by atoms with E-state index in [2.05, 4.69) is 29.6 Å². The third kappa shape index (κ3) is 3.70. The maximum absolute atomic E-state index is 5.33. The van der Waals surface area contributed by atoms with Crippen molar-refractivity contribution in [2.24, 2.45) is 0 Å². The molecular weight excluding hydrogens is 244 g/mol. The molecule has 1 saturated carbocycles. The fraction of sp³-hybridized carbons (Fsp3) is 0.692. The van der Waals surface area contributed by atoms with Crippen molar-refractivity contribution < 1.29 is 0 Å². The molecule has 1 fully saturated rings. The maximum atomic E-state index is 5.33. The summed E-state index contributed by atoms with van der Waals surface area (Å²) in [7, 11) is 0. The molecule has 100 valence electrons. The molecule has 0 amide bonds. The Hall–Kier alpha value is -1.10. The van der Waals surface area contributed by atoms with Crippen molar-refractivity contribution >= 4 is 23.0 Å². The summed E-state index contributed by atoms with van der Waals surface area (Å²) >= 11 is 5.33. The highest BCUT2D eigenvalue weighted by Gasteiger charge is 2.14. The van der Waals surface area contributed by atoms with Gasteiger partial charge in [-0.15, -0.1) is 0 Å². The number of aromatic nitrogens is 2. The van der Waals surface area contributed by atoms with Gasteiger partial charge in [-0.1, -0.05) is 19.3 Å². The number of thiocarbonyl (C=S) groups is 1. The zero-order valence-electron chi connectivity index (χ0n) is 11.1. The van der Waals surface area contributed by atoms with Gasteiger partial charge in [0, 0.05) is 18.3 Å². The van der Waals surface area contributed by atoms with Crippen molar-refractivity contribution in [3.63, 3.8) is 0 Å². The van der Waals surface area contributed by atoms with Crippen molar-refractivity contribution in [1.82, 2.24) is 15.1 Å². The van der Waals surface area contributed by atoms with Gasteiger partial charge < -0.3 is 10.6 Å². The summed E-state index contributed by atoms with van der Waals surface area (Å²) in [6.07, 6.45) is 10.2. The molecule has 1 aliphatic carbocycles. The lowest BCUT2D eigenvalue weighted by Crippen LogP contribution is -2.38. The molecular formula is C13H22N4S. The largest absolute Gasteiger partial charge is 0.360 e. The van der Waals surface area contributed by atoms with Crippen molar-refractivity contribution in [2.45, 2.75) is 58.0 Å². The van der Waals surface area contributed by atoms with Crippen LogP contribution >= 0.6 is 12.2 Å². The van der Waals surface area contributed by atoms with Crippen LogP contribution in [0.2, 0.25) is 0 Å². The molecule has 0 saturated heterocycles. The van der Waals surface area contributed by atoms with E-state index < -0.39 is 0 Å². The maximum Gasteiger partial charge on any atom is 0.171 e. The Labute approximate surface area is 114 Å². The SMILES string of the molecule is CC(C)n1cc(NC(=S)NC2CCCCC2)cn1. The Balaban J connectivity index is 1.82. The standard InChI is InChI=1S/C13H22N4S/c1-10(2)17-9-12(8-14-17)16-13(18)15-11-6-4-3-5-7-11/h8-11H,3-7H2,1-2H3,(H2,15,16,18). The van der Waals surface area contributed by atoms with Crippen LogP contribution < -0.4 is 10.6 Å². The lowest BCUT2D eigenvalue weighted by atomic mass is 9.96.